The van der Waals surface area contributed by atoms with E-state index in [0.29, 0.717) is 24.5 Å². The highest BCUT2D eigenvalue weighted by atomic mass is 19.1. The number of ether oxygens (including phenoxy) is 2. The fourth-order valence-electron chi connectivity index (χ4n) is 4.71. The van der Waals surface area contributed by atoms with Crippen molar-refractivity contribution in [3.8, 4) is 22.7 Å². The van der Waals surface area contributed by atoms with Crippen molar-refractivity contribution in [1.29, 1.82) is 0 Å². The Bertz CT molecular complexity index is 1540. The minimum absolute atomic E-state index is 0.00245. The topological polar surface area (TPSA) is 76.9 Å². The van der Waals surface area contributed by atoms with Gasteiger partial charge in [0, 0.05) is 49.6 Å². The molecule has 0 saturated carbocycles. The number of aromatic nitrogens is 2. The molecule has 8 nitrogen and oxygen atoms in total. The van der Waals surface area contributed by atoms with Crippen molar-refractivity contribution < 1.29 is 32.2 Å². The molecule has 41 heavy (non-hydrogen) atoms. The number of methoxy groups -OCH3 is 1. The van der Waals surface area contributed by atoms with Crippen LogP contribution in [0.1, 0.15) is 27.8 Å². The van der Waals surface area contributed by atoms with Crippen LogP contribution >= 0.6 is 0 Å². The van der Waals surface area contributed by atoms with E-state index in [1.807, 2.05) is 24.3 Å². The summed E-state index contributed by atoms with van der Waals surface area (Å²) >= 11 is 0. The van der Waals surface area contributed by atoms with Gasteiger partial charge in [-0.05, 0) is 49.4 Å². The second-order valence-corrected chi connectivity index (χ2v) is 9.32. The largest absolute Gasteiger partial charge is 0.497 e. The van der Waals surface area contributed by atoms with Crippen molar-refractivity contribution in [2.45, 2.75) is 6.92 Å². The van der Waals surface area contributed by atoms with Gasteiger partial charge in [0.05, 0.1) is 25.1 Å². The Morgan fingerprint density at radius 1 is 0.854 bits per heavy atom. The first-order valence-electron chi connectivity index (χ1n) is 13.0. The lowest BCUT2D eigenvalue weighted by atomic mass is 10.1. The lowest BCUT2D eigenvalue weighted by molar-refractivity contribution is 0.0518. The van der Waals surface area contributed by atoms with Gasteiger partial charge in [0.1, 0.15) is 28.8 Å². The van der Waals surface area contributed by atoms with Crippen LogP contribution in [0, 0.1) is 17.5 Å². The monoisotopic (exact) mass is 564 g/mol. The van der Waals surface area contributed by atoms with E-state index < -0.39 is 34.9 Å². The van der Waals surface area contributed by atoms with Gasteiger partial charge in [0.2, 0.25) is 0 Å². The molecule has 0 radical (unpaired) electrons. The number of halogens is 3. The highest BCUT2D eigenvalue weighted by Gasteiger charge is 2.27. The summed E-state index contributed by atoms with van der Waals surface area (Å²) in [6.07, 6.45) is 0. The van der Waals surface area contributed by atoms with Gasteiger partial charge in [-0.3, -0.25) is 4.79 Å². The van der Waals surface area contributed by atoms with E-state index in [1.165, 1.54) is 24.1 Å². The molecule has 0 aliphatic carbocycles. The predicted octanol–water partition coefficient (Wildman–Crippen LogP) is 5.10. The number of hydrogen-bond donors (Lipinski definition) is 0. The molecule has 4 aromatic rings. The molecule has 212 valence electrons. The second-order valence-electron chi connectivity index (χ2n) is 9.32. The number of rotatable bonds is 7. The maximum absolute atomic E-state index is 14.4. The van der Waals surface area contributed by atoms with E-state index in [-0.39, 0.29) is 31.1 Å². The molecular weight excluding hydrogens is 537 g/mol. The molecule has 1 saturated heterocycles. The lowest BCUT2D eigenvalue weighted by Crippen LogP contribution is -2.49. The average molecular weight is 565 g/mol. The first-order chi connectivity index (χ1) is 19.8. The van der Waals surface area contributed by atoms with E-state index in [1.54, 1.807) is 29.8 Å². The highest BCUT2D eigenvalue weighted by molar-refractivity contribution is 5.95. The maximum Gasteiger partial charge on any atom is 0.358 e. The smallest absolute Gasteiger partial charge is 0.358 e. The number of carbonyl (C=O) groups excluding carboxylic acids is 2. The van der Waals surface area contributed by atoms with Crippen LogP contribution < -0.4 is 9.64 Å². The van der Waals surface area contributed by atoms with Gasteiger partial charge in [0.25, 0.3) is 5.91 Å². The third-order valence-electron chi connectivity index (χ3n) is 6.83. The number of benzene rings is 3. The van der Waals surface area contributed by atoms with Gasteiger partial charge < -0.3 is 19.3 Å². The zero-order valence-electron chi connectivity index (χ0n) is 22.4. The average Bonchev–Trinajstić information content (AvgIpc) is 3.43. The van der Waals surface area contributed by atoms with E-state index in [0.717, 1.165) is 23.4 Å². The van der Waals surface area contributed by atoms with Crippen LogP contribution in [-0.4, -0.2) is 66.5 Å². The molecule has 1 aliphatic rings. The quantitative estimate of drug-likeness (QED) is 0.291. The van der Waals surface area contributed by atoms with Crippen molar-refractivity contribution in [2.75, 3.05) is 44.8 Å². The molecule has 0 atom stereocenters. The van der Waals surface area contributed by atoms with E-state index >= 15 is 0 Å². The zero-order valence-corrected chi connectivity index (χ0v) is 22.4. The third-order valence-corrected chi connectivity index (χ3v) is 6.83. The molecule has 1 fully saturated rings. The molecule has 5 rings (SSSR count). The van der Waals surface area contributed by atoms with E-state index in [2.05, 4.69) is 10.00 Å². The molecule has 1 aromatic heterocycles. The maximum atomic E-state index is 14.4. The first kappa shape index (κ1) is 27.8. The van der Waals surface area contributed by atoms with Gasteiger partial charge in [0.15, 0.2) is 5.69 Å². The van der Waals surface area contributed by atoms with Crippen LogP contribution in [-0.2, 0) is 4.74 Å². The van der Waals surface area contributed by atoms with Crippen LogP contribution in [0.2, 0.25) is 0 Å². The molecular formula is C30H27F3N4O4. The normalized spacial score (nSPS) is 13.3. The number of carbonyl (C=O) groups is 2. The summed E-state index contributed by atoms with van der Waals surface area (Å²) in [4.78, 5) is 28.7. The number of nitrogens with zero attached hydrogens (tertiary/aromatic N) is 4. The molecule has 1 aliphatic heterocycles. The van der Waals surface area contributed by atoms with Crippen molar-refractivity contribution >= 4 is 17.6 Å². The van der Waals surface area contributed by atoms with Gasteiger partial charge >= 0.3 is 5.97 Å². The molecule has 0 spiro atoms. The number of piperazine rings is 1. The Labute approximate surface area is 234 Å². The summed E-state index contributed by atoms with van der Waals surface area (Å²) in [5.41, 5.74) is 2.38. The molecule has 0 unspecified atom stereocenters. The summed E-state index contributed by atoms with van der Waals surface area (Å²) in [5, 5.41) is 4.40. The molecule has 0 N–H and O–H groups in total. The minimum atomic E-state index is -0.962. The summed E-state index contributed by atoms with van der Waals surface area (Å²) < 4.78 is 53.9. The fourth-order valence-corrected chi connectivity index (χ4v) is 4.71. The molecule has 11 heteroatoms. The summed E-state index contributed by atoms with van der Waals surface area (Å²) in [6, 6.07) is 16.9. The van der Waals surface area contributed by atoms with Gasteiger partial charge in [-0.2, -0.15) is 5.10 Å². The van der Waals surface area contributed by atoms with Crippen molar-refractivity contribution in [3.05, 3.63) is 95.4 Å². The standard InChI is InChI=1S/C30H27F3N4O4/c1-3-41-30(39)26-18-27(37(34-26)22-10-6-20(31)7-11-22)19-4-8-21(9-5-19)35-12-14-36(15-13-35)29(38)28-24(32)16-23(40-2)17-25(28)33/h4-11,16-18H,3,12-15H2,1-2H3. The third kappa shape index (κ3) is 5.74. The van der Waals surface area contributed by atoms with Crippen molar-refractivity contribution in [3.63, 3.8) is 0 Å². The molecule has 0 bridgehead atoms. The Hall–Kier alpha value is -4.80. The molecule has 3 aromatic carbocycles. The van der Waals surface area contributed by atoms with E-state index in [4.69, 9.17) is 9.47 Å². The van der Waals surface area contributed by atoms with Crippen LogP contribution in [0.4, 0.5) is 18.9 Å². The second kappa shape index (κ2) is 11.7. The first-order valence-corrected chi connectivity index (χ1v) is 13.0. The number of hydrogen-bond acceptors (Lipinski definition) is 6. The van der Waals surface area contributed by atoms with Crippen LogP contribution in [0.25, 0.3) is 16.9 Å². The highest BCUT2D eigenvalue weighted by Crippen LogP contribution is 2.28. The molecule has 1 amide bonds. The van der Waals surface area contributed by atoms with Crippen LogP contribution in [0.3, 0.4) is 0 Å². The summed E-state index contributed by atoms with van der Waals surface area (Å²) in [5.74, 6) is -3.58. The van der Waals surface area contributed by atoms with E-state index in [9.17, 15) is 22.8 Å². The Morgan fingerprint density at radius 2 is 1.46 bits per heavy atom. The summed E-state index contributed by atoms with van der Waals surface area (Å²) in [7, 11) is 1.29. The van der Waals surface area contributed by atoms with Crippen LogP contribution in [0.15, 0.2) is 66.7 Å². The zero-order chi connectivity index (χ0) is 29.1. The lowest BCUT2D eigenvalue weighted by Gasteiger charge is -2.36. The number of esters is 1. The fraction of sp³-hybridized carbons (Fsp3) is 0.233. The Morgan fingerprint density at radius 3 is 2.05 bits per heavy atom. The van der Waals surface area contributed by atoms with Gasteiger partial charge in [-0.1, -0.05) is 12.1 Å². The predicted molar refractivity (Wildman–Crippen MR) is 146 cm³/mol. The molecule has 2 heterocycles. The number of anilines is 1. The number of amides is 1. The van der Waals surface area contributed by atoms with Gasteiger partial charge in [-0.15, -0.1) is 0 Å². The minimum Gasteiger partial charge on any atom is -0.497 e. The SMILES string of the molecule is CCOC(=O)c1cc(-c2ccc(N3CCN(C(=O)c4c(F)cc(OC)cc4F)CC3)cc2)n(-c2ccc(F)cc2)n1. The van der Waals surface area contributed by atoms with Crippen LogP contribution in [0.5, 0.6) is 5.75 Å². The Balaban J connectivity index is 1.32. The van der Waals surface area contributed by atoms with Gasteiger partial charge in [-0.25, -0.2) is 22.6 Å². The van der Waals surface area contributed by atoms with Crippen molar-refractivity contribution in [2.24, 2.45) is 0 Å². The Kier molecular flexibility index (Phi) is 7.95. The summed E-state index contributed by atoms with van der Waals surface area (Å²) in [6.45, 7) is 3.41. The van der Waals surface area contributed by atoms with Crippen molar-refractivity contribution in [1.82, 2.24) is 14.7 Å².